The maximum absolute atomic E-state index is 5.94. The summed E-state index contributed by atoms with van der Waals surface area (Å²) in [6.45, 7) is 5.23. The lowest BCUT2D eigenvalue weighted by atomic mass is 10.2. The molecule has 0 radical (unpaired) electrons. The van der Waals surface area contributed by atoms with E-state index in [1.165, 1.54) is 0 Å². The highest BCUT2D eigenvalue weighted by Gasteiger charge is 2.06. The van der Waals surface area contributed by atoms with Crippen LogP contribution >= 0.6 is 0 Å². The first-order chi connectivity index (χ1) is 7.15. The van der Waals surface area contributed by atoms with Crippen LogP contribution in [0.5, 0.6) is 5.75 Å². The van der Waals surface area contributed by atoms with Crippen LogP contribution in [-0.4, -0.2) is 19.2 Å². The van der Waals surface area contributed by atoms with Gasteiger partial charge in [0.2, 0.25) is 0 Å². The van der Waals surface area contributed by atoms with Gasteiger partial charge in [-0.05, 0) is 26.0 Å². The van der Waals surface area contributed by atoms with Crippen LogP contribution < -0.4 is 21.5 Å². The first kappa shape index (κ1) is 11.7. The Labute approximate surface area is 90.6 Å². The van der Waals surface area contributed by atoms with Gasteiger partial charge in [0.15, 0.2) is 0 Å². The normalized spacial score (nSPS) is 10.4. The molecule has 15 heavy (non-hydrogen) atoms. The average Bonchev–Trinajstić information content (AvgIpc) is 2.19. The highest BCUT2D eigenvalue weighted by atomic mass is 16.5. The molecule has 4 heteroatoms. The summed E-state index contributed by atoms with van der Waals surface area (Å²) in [7, 11) is 0. The summed E-state index contributed by atoms with van der Waals surface area (Å²) >= 11 is 0. The first-order valence-electron chi connectivity index (χ1n) is 5.14. The van der Waals surface area contributed by atoms with Crippen molar-refractivity contribution in [3.05, 3.63) is 18.2 Å². The Bertz CT molecular complexity index is 313. The van der Waals surface area contributed by atoms with Crippen molar-refractivity contribution in [1.82, 2.24) is 0 Å². The molecule has 0 aromatic heterocycles. The van der Waals surface area contributed by atoms with Crippen molar-refractivity contribution >= 4 is 11.4 Å². The Morgan fingerprint density at radius 1 is 1.40 bits per heavy atom. The number of para-hydroxylation sites is 1. The highest BCUT2D eigenvalue weighted by Crippen LogP contribution is 2.29. The van der Waals surface area contributed by atoms with Gasteiger partial charge in [-0.2, -0.15) is 0 Å². The predicted molar refractivity (Wildman–Crippen MR) is 64.2 cm³/mol. The summed E-state index contributed by atoms with van der Waals surface area (Å²) < 4.78 is 5.57. The molecule has 0 spiro atoms. The molecular weight excluding hydrogens is 190 g/mol. The topological polar surface area (TPSA) is 73.3 Å². The second-order valence-electron chi connectivity index (χ2n) is 3.60. The number of hydrogen-bond acceptors (Lipinski definition) is 4. The first-order valence-corrected chi connectivity index (χ1v) is 5.14. The third kappa shape index (κ3) is 3.32. The molecule has 5 N–H and O–H groups in total. The number of ether oxygens (including phenoxy) is 1. The fourth-order valence-electron chi connectivity index (χ4n) is 1.26. The minimum atomic E-state index is 0.122. The number of hydrogen-bond donors (Lipinski definition) is 3. The zero-order chi connectivity index (χ0) is 11.3. The number of anilines is 2. The maximum Gasteiger partial charge on any atom is 0.144 e. The van der Waals surface area contributed by atoms with Gasteiger partial charge >= 0.3 is 0 Å². The molecule has 0 aliphatic heterocycles. The fourth-order valence-corrected chi connectivity index (χ4v) is 1.26. The van der Waals surface area contributed by atoms with Crippen molar-refractivity contribution in [3.63, 3.8) is 0 Å². The molecule has 0 atom stereocenters. The Morgan fingerprint density at radius 3 is 2.73 bits per heavy atom. The van der Waals surface area contributed by atoms with Gasteiger partial charge in [0.25, 0.3) is 0 Å². The van der Waals surface area contributed by atoms with Crippen LogP contribution in [0, 0.1) is 0 Å². The van der Waals surface area contributed by atoms with Crippen molar-refractivity contribution in [2.45, 2.75) is 20.0 Å². The lowest BCUT2D eigenvalue weighted by Crippen LogP contribution is -2.15. The molecule has 84 valence electrons. The Balaban J connectivity index is 2.80. The molecule has 0 unspecified atom stereocenters. The minimum absolute atomic E-state index is 0.122. The fraction of sp³-hybridized carbons (Fsp3) is 0.455. The molecule has 0 bridgehead atoms. The van der Waals surface area contributed by atoms with Crippen molar-refractivity contribution in [2.24, 2.45) is 5.73 Å². The largest absolute Gasteiger partial charge is 0.489 e. The van der Waals surface area contributed by atoms with Gasteiger partial charge < -0.3 is 21.5 Å². The van der Waals surface area contributed by atoms with Crippen molar-refractivity contribution in [1.29, 1.82) is 0 Å². The highest BCUT2D eigenvalue weighted by molar-refractivity contribution is 5.72. The zero-order valence-electron chi connectivity index (χ0n) is 9.29. The summed E-state index contributed by atoms with van der Waals surface area (Å²) in [4.78, 5) is 0. The number of nitrogen functional groups attached to an aromatic ring is 1. The monoisotopic (exact) mass is 209 g/mol. The molecule has 1 aromatic carbocycles. The minimum Gasteiger partial charge on any atom is -0.489 e. The second-order valence-corrected chi connectivity index (χ2v) is 3.60. The van der Waals surface area contributed by atoms with Gasteiger partial charge in [0, 0.05) is 13.1 Å². The summed E-state index contributed by atoms with van der Waals surface area (Å²) in [6, 6.07) is 5.69. The van der Waals surface area contributed by atoms with Gasteiger partial charge in [0.1, 0.15) is 5.75 Å². The smallest absolute Gasteiger partial charge is 0.144 e. The van der Waals surface area contributed by atoms with E-state index in [0.717, 1.165) is 5.69 Å². The quantitative estimate of drug-likeness (QED) is 0.641. The van der Waals surface area contributed by atoms with Crippen LogP contribution in [-0.2, 0) is 0 Å². The van der Waals surface area contributed by atoms with Gasteiger partial charge in [-0.3, -0.25) is 0 Å². The van der Waals surface area contributed by atoms with Crippen LogP contribution in [0.15, 0.2) is 18.2 Å². The summed E-state index contributed by atoms with van der Waals surface area (Å²) in [5.74, 6) is 0.715. The second kappa shape index (κ2) is 5.46. The third-order valence-corrected chi connectivity index (χ3v) is 1.89. The van der Waals surface area contributed by atoms with Crippen molar-refractivity contribution in [3.8, 4) is 5.75 Å². The molecule has 0 aliphatic carbocycles. The molecule has 4 nitrogen and oxygen atoms in total. The Morgan fingerprint density at radius 2 is 2.13 bits per heavy atom. The molecule has 0 fully saturated rings. The van der Waals surface area contributed by atoms with E-state index in [-0.39, 0.29) is 6.10 Å². The van der Waals surface area contributed by atoms with E-state index in [1.807, 2.05) is 32.0 Å². The molecule has 0 amide bonds. The zero-order valence-corrected chi connectivity index (χ0v) is 9.29. The number of rotatable bonds is 5. The van der Waals surface area contributed by atoms with E-state index in [9.17, 15) is 0 Å². The van der Waals surface area contributed by atoms with Gasteiger partial charge in [-0.25, -0.2) is 0 Å². The molecule has 0 saturated heterocycles. The van der Waals surface area contributed by atoms with Crippen LogP contribution in [0.3, 0.4) is 0 Å². The summed E-state index contributed by atoms with van der Waals surface area (Å²) in [5, 5.41) is 3.15. The molecule has 1 aromatic rings. The molecule has 1 rings (SSSR count). The van der Waals surface area contributed by atoms with E-state index >= 15 is 0 Å². The Kier molecular flexibility index (Phi) is 4.24. The van der Waals surface area contributed by atoms with Crippen molar-refractivity contribution in [2.75, 3.05) is 24.1 Å². The Hall–Kier alpha value is -1.42. The number of nitrogens with one attached hydrogen (secondary N) is 1. The van der Waals surface area contributed by atoms with Crippen LogP contribution in [0.1, 0.15) is 13.8 Å². The number of benzene rings is 1. The van der Waals surface area contributed by atoms with Gasteiger partial charge in [0.05, 0.1) is 17.5 Å². The maximum atomic E-state index is 5.94. The van der Waals surface area contributed by atoms with Gasteiger partial charge in [-0.15, -0.1) is 0 Å². The van der Waals surface area contributed by atoms with Crippen molar-refractivity contribution < 1.29 is 4.74 Å². The summed E-state index contributed by atoms with van der Waals surface area (Å²) in [6.07, 6.45) is 0.122. The van der Waals surface area contributed by atoms with Crippen LogP contribution in [0.4, 0.5) is 11.4 Å². The lowest BCUT2D eigenvalue weighted by Gasteiger charge is -2.15. The standard InChI is InChI=1S/C11H19N3O/c1-8(2)15-10-5-3-4-9(11(10)13)14-7-6-12/h3-5,8,14H,6-7,12-13H2,1-2H3. The summed E-state index contributed by atoms with van der Waals surface area (Å²) in [5.41, 5.74) is 12.9. The lowest BCUT2D eigenvalue weighted by molar-refractivity contribution is 0.244. The van der Waals surface area contributed by atoms with Crippen LogP contribution in [0.25, 0.3) is 0 Å². The van der Waals surface area contributed by atoms with Gasteiger partial charge in [-0.1, -0.05) is 6.07 Å². The predicted octanol–water partition coefficient (Wildman–Crippen LogP) is 1.43. The van der Waals surface area contributed by atoms with E-state index < -0.39 is 0 Å². The van der Waals surface area contributed by atoms with E-state index in [0.29, 0.717) is 24.5 Å². The van der Waals surface area contributed by atoms with E-state index in [4.69, 9.17) is 16.2 Å². The molecule has 0 saturated carbocycles. The van der Waals surface area contributed by atoms with Crippen LogP contribution in [0.2, 0.25) is 0 Å². The molecule has 0 heterocycles. The molecular formula is C11H19N3O. The average molecular weight is 209 g/mol. The van der Waals surface area contributed by atoms with E-state index in [1.54, 1.807) is 0 Å². The number of nitrogens with two attached hydrogens (primary N) is 2. The SMILES string of the molecule is CC(C)Oc1cccc(NCCN)c1N. The third-order valence-electron chi connectivity index (χ3n) is 1.89. The van der Waals surface area contributed by atoms with E-state index in [2.05, 4.69) is 5.32 Å². The molecule has 0 aliphatic rings.